The number of aryl methyl sites for hydroxylation is 1. The molecule has 0 aliphatic carbocycles. The fourth-order valence-corrected chi connectivity index (χ4v) is 2.74. The molecule has 0 bridgehead atoms. The zero-order valence-electron chi connectivity index (χ0n) is 13.9. The number of anilines is 2. The number of nitrogens with zero attached hydrogens (tertiary/aromatic N) is 3. The predicted octanol–water partition coefficient (Wildman–Crippen LogP) is 3.39. The number of alkyl halides is 3. The van der Waals surface area contributed by atoms with Crippen molar-refractivity contribution in [2.45, 2.75) is 25.8 Å². The second kappa shape index (κ2) is 6.70. The maximum Gasteiger partial charge on any atom is 0.416 e. The van der Waals surface area contributed by atoms with Crippen LogP contribution in [0.5, 0.6) is 0 Å². The van der Waals surface area contributed by atoms with E-state index in [9.17, 15) is 18.0 Å². The number of benzene rings is 2. The van der Waals surface area contributed by atoms with Gasteiger partial charge in [0.05, 0.1) is 11.3 Å². The van der Waals surface area contributed by atoms with Gasteiger partial charge < -0.3 is 10.6 Å². The Bertz CT molecular complexity index is 833. The molecule has 26 heavy (non-hydrogen) atoms. The molecule has 0 saturated heterocycles. The lowest BCUT2D eigenvalue weighted by atomic mass is 10.1. The van der Waals surface area contributed by atoms with E-state index in [-0.39, 0.29) is 0 Å². The zero-order chi connectivity index (χ0) is 18.9. The number of rotatable bonds is 4. The minimum Gasteiger partial charge on any atom is -0.399 e. The van der Waals surface area contributed by atoms with Gasteiger partial charge in [0.1, 0.15) is 6.34 Å². The van der Waals surface area contributed by atoms with Crippen molar-refractivity contribution >= 4 is 24.0 Å². The smallest absolute Gasteiger partial charge is 0.399 e. The summed E-state index contributed by atoms with van der Waals surface area (Å²) in [6.07, 6.45) is -2.93. The highest BCUT2D eigenvalue weighted by Crippen LogP contribution is 2.31. The first-order valence-electron chi connectivity index (χ1n) is 7.86. The van der Waals surface area contributed by atoms with Crippen molar-refractivity contribution in [1.82, 2.24) is 4.90 Å². The lowest BCUT2D eigenvalue weighted by molar-refractivity contribution is -0.137. The number of carbonyl (C=O) groups excluding carboxylic acids is 1. The first-order chi connectivity index (χ1) is 12.3. The van der Waals surface area contributed by atoms with Crippen molar-refractivity contribution in [3.8, 4) is 0 Å². The molecule has 1 unspecified atom stereocenters. The lowest BCUT2D eigenvalue weighted by Crippen LogP contribution is -2.40. The third-order valence-corrected chi connectivity index (χ3v) is 4.19. The average Bonchev–Trinajstić information content (AvgIpc) is 3.00. The van der Waals surface area contributed by atoms with Gasteiger partial charge in [-0.1, -0.05) is 12.1 Å². The third kappa shape index (κ3) is 3.49. The Kier molecular flexibility index (Phi) is 4.58. The first kappa shape index (κ1) is 17.8. The maximum absolute atomic E-state index is 12.7. The Balaban J connectivity index is 1.78. The Morgan fingerprint density at radius 2 is 1.88 bits per heavy atom. The monoisotopic (exact) mass is 362 g/mol. The predicted molar refractivity (Wildman–Crippen MR) is 93.4 cm³/mol. The van der Waals surface area contributed by atoms with Gasteiger partial charge in [-0.15, -0.1) is 0 Å². The first-order valence-corrected chi connectivity index (χ1v) is 7.86. The molecule has 0 saturated carbocycles. The van der Waals surface area contributed by atoms with Gasteiger partial charge in [-0.25, -0.2) is 5.01 Å². The Morgan fingerprint density at radius 1 is 1.19 bits per heavy atom. The van der Waals surface area contributed by atoms with Crippen molar-refractivity contribution in [2.75, 3.05) is 10.7 Å². The van der Waals surface area contributed by atoms with E-state index in [0.717, 1.165) is 23.3 Å². The van der Waals surface area contributed by atoms with E-state index < -0.39 is 17.9 Å². The molecule has 0 fully saturated rings. The lowest BCUT2D eigenvalue weighted by Gasteiger charge is -2.26. The minimum atomic E-state index is -4.41. The quantitative estimate of drug-likeness (QED) is 0.669. The Morgan fingerprint density at radius 3 is 2.46 bits per heavy atom. The van der Waals surface area contributed by atoms with Gasteiger partial charge in [0.15, 0.2) is 12.5 Å². The molecule has 2 aromatic carbocycles. The van der Waals surface area contributed by atoms with Crippen LogP contribution in [0, 0.1) is 6.92 Å². The van der Waals surface area contributed by atoms with Crippen LogP contribution in [0.4, 0.5) is 24.5 Å². The number of aldehydes is 1. The van der Waals surface area contributed by atoms with Crippen molar-refractivity contribution < 1.29 is 18.0 Å². The van der Waals surface area contributed by atoms with Gasteiger partial charge in [-0.2, -0.15) is 18.3 Å². The molecule has 136 valence electrons. The molecule has 8 heteroatoms. The number of carbonyl (C=O) groups is 1. The Labute approximate surface area is 148 Å². The third-order valence-electron chi connectivity index (χ3n) is 4.19. The largest absolute Gasteiger partial charge is 0.416 e. The summed E-state index contributed by atoms with van der Waals surface area (Å²) in [7, 11) is 0. The minimum absolute atomic E-state index is 0.405. The summed E-state index contributed by atoms with van der Waals surface area (Å²) in [5, 5.41) is 5.55. The standard InChI is InChI=1S/C18H17F3N4O/c1-12-8-13(2-7-16(12)22)9-24-11-23-25(17(24)10-26)15-5-3-14(4-6-15)18(19,20)21/h2-8,10-11,17H,9,22H2,1H3. The van der Waals surface area contributed by atoms with Crippen LogP contribution in [0.3, 0.4) is 0 Å². The van der Waals surface area contributed by atoms with Crippen LogP contribution >= 0.6 is 0 Å². The molecule has 2 aromatic rings. The van der Waals surface area contributed by atoms with Gasteiger partial charge in [0.25, 0.3) is 0 Å². The van der Waals surface area contributed by atoms with E-state index >= 15 is 0 Å². The molecule has 0 radical (unpaired) electrons. The van der Waals surface area contributed by atoms with Crippen LogP contribution in [0.15, 0.2) is 47.6 Å². The van der Waals surface area contributed by atoms with Crippen LogP contribution in [-0.2, 0) is 17.5 Å². The molecule has 2 N–H and O–H groups in total. The summed E-state index contributed by atoms with van der Waals surface area (Å²) in [6, 6.07) is 10.1. The van der Waals surface area contributed by atoms with Crippen molar-refractivity contribution in [1.29, 1.82) is 0 Å². The summed E-state index contributed by atoms with van der Waals surface area (Å²) in [5.74, 6) is 0. The van der Waals surface area contributed by atoms with Crippen molar-refractivity contribution in [3.05, 3.63) is 59.2 Å². The van der Waals surface area contributed by atoms with Gasteiger partial charge >= 0.3 is 6.18 Å². The van der Waals surface area contributed by atoms with Crippen LogP contribution < -0.4 is 10.7 Å². The summed E-state index contributed by atoms with van der Waals surface area (Å²) in [4.78, 5) is 13.3. The van der Waals surface area contributed by atoms with E-state index in [1.165, 1.54) is 23.5 Å². The molecule has 5 nitrogen and oxygen atoms in total. The number of hydrazone groups is 1. The number of hydrogen-bond acceptors (Lipinski definition) is 5. The summed E-state index contributed by atoms with van der Waals surface area (Å²) in [6.45, 7) is 2.31. The summed E-state index contributed by atoms with van der Waals surface area (Å²) >= 11 is 0. The van der Waals surface area contributed by atoms with E-state index in [4.69, 9.17) is 5.73 Å². The number of hydrogen-bond donors (Lipinski definition) is 1. The van der Waals surface area contributed by atoms with E-state index in [0.29, 0.717) is 24.2 Å². The molecule has 1 atom stereocenters. The van der Waals surface area contributed by atoms with Gasteiger partial charge in [0, 0.05) is 12.2 Å². The van der Waals surface area contributed by atoms with Gasteiger partial charge in [-0.05, 0) is 48.4 Å². The molecular formula is C18H17F3N4O. The topological polar surface area (TPSA) is 61.9 Å². The van der Waals surface area contributed by atoms with Gasteiger partial charge in [0.2, 0.25) is 0 Å². The van der Waals surface area contributed by atoms with E-state index in [1.807, 2.05) is 19.1 Å². The summed E-state index contributed by atoms with van der Waals surface area (Å²) < 4.78 is 38.1. The van der Waals surface area contributed by atoms with E-state index in [2.05, 4.69) is 5.10 Å². The molecule has 0 amide bonds. The fourth-order valence-electron chi connectivity index (χ4n) is 2.74. The molecule has 0 spiro atoms. The second-order valence-corrected chi connectivity index (χ2v) is 6.03. The maximum atomic E-state index is 12.7. The van der Waals surface area contributed by atoms with Crippen LogP contribution in [-0.4, -0.2) is 23.7 Å². The number of halogens is 3. The normalized spacial score (nSPS) is 17.0. The van der Waals surface area contributed by atoms with Crippen molar-refractivity contribution in [3.63, 3.8) is 0 Å². The zero-order valence-corrected chi connectivity index (χ0v) is 13.9. The number of nitrogen functional groups attached to an aromatic ring is 1. The fraction of sp³-hybridized carbons (Fsp3) is 0.222. The summed E-state index contributed by atoms with van der Waals surface area (Å²) in [5.41, 5.74) is 8.03. The molecule has 1 aliphatic rings. The Hall–Kier alpha value is -3.03. The van der Waals surface area contributed by atoms with Crippen LogP contribution in [0.2, 0.25) is 0 Å². The molecule has 3 rings (SSSR count). The molecule has 0 aromatic heterocycles. The highest BCUT2D eigenvalue weighted by atomic mass is 19.4. The SMILES string of the molecule is Cc1cc(CN2C=NN(c3ccc(C(F)(F)F)cc3)C2C=O)ccc1N. The van der Waals surface area contributed by atoms with Crippen molar-refractivity contribution in [2.24, 2.45) is 5.10 Å². The number of nitrogens with two attached hydrogens (primary N) is 1. The molecule has 1 aliphatic heterocycles. The van der Waals surface area contributed by atoms with Gasteiger partial charge in [-0.3, -0.25) is 4.79 Å². The van der Waals surface area contributed by atoms with Crippen LogP contribution in [0.25, 0.3) is 0 Å². The van der Waals surface area contributed by atoms with Crippen LogP contribution in [0.1, 0.15) is 16.7 Å². The van der Waals surface area contributed by atoms with E-state index in [1.54, 1.807) is 11.0 Å². The highest BCUT2D eigenvalue weighted by Gasteiger charge is 2.32. The molecular weight excluding hydrogens is 345 g/mol. The molecule has 1 heterocycles. The highest BCUT2D eigenvalue weighted by molar-refractivity contribution is 5.76. The average molecular weight is 362 g/mol. The second-order valence-electron chi connectivity index (χ2n) is 6.03.